The fraction of sp³-hybridized carbons (Fsp3) is 0.125. The molecule has 0 aliphatic heterocycles. The molecule has 0 unspecified atom stereocenters. The van der Waals surface area contributed by atoms with Crippen LogP contribution in [0.1, 0.15) is 22.8 Å². The molecule has 1 amide bonds. The summed E-state index contributed by atoms with van der Waals surface area (Å²) in [6.45, 7) is 2.88. The van der Waals surface area contributed by atoms with Gasteiger partial charge in [-0.25, -0.2) is 4.98 Å². The van der Waals surface area contributed by atoms with E-state index in [1.807, 2.05) is 67.6 Å². The second-order valence-electron chi connectivity index (χ2n) is 6.68. The van der Waals surface area contributed by atoms with Crippen LogP contribution in [0.15, 0.2) is 77.5 Å². The van der Waals surface area contributed by atoms with E-state index in [0.29, 0.717) is 24.4 Å². The smallest absolute Gasteiger partial charge is 0.252 e. The molecule has 4 aromatic rings. The summed E-state index contributed by atoms with van der Waals surface area (Å²) in [6, 6.07) is 19.1. The summed E-state index contributed by atoms with van der Waals surface area (Å²) in [4.78, 5) is 22.1. The topological polar surface area (TPSA) is 64.1 Å². The van der Waals surface area contributed by atoms with E-state index in [2.05, 4.69) is 26.2 Å². The minimum atomic E-state index is -0.169. The zero-order valence-electron chi connectivity index (χ0n) is 16.4. The Morgan fingerprint density at radius 1 is 1.10 bits per heavy atom. The molecule has 5 nitrogen and oxygen atoms in total. The minimum Gasteiger partial charge on any atom is -0.494 e. The summed E-state index contributed by atoms with van der Waals surface area (Å²) >= 11 is 3.50. The molecule has 2 heterocycles. The van der Waals surface area contributed by atoms with Crippen molar-refractivity contribution in [1.29, 1.82) is 0 Å². The van der Waals surface area contributed by atoms with Gasteiger partial charge in [0.25, 0.3) is 5.91 Å². The average molecular weight is 462 g/mol. The summed E-state index contributed by atoms with van der Waals surface area (Å²) in [5.41, 5.74) is 3.81. The average Bonchev–Trinajstić information content (AvgIpc) is 2.78. The lowest BCUT2D eigenvalue weighted by Crippen LogP contribution is -2.23. The summed E-state index contributed by atoms with van der Waals surface area (Å²) in [7, 11) is 0. The second-order valence-corrected chi connectivity index (χ2v) is 7.60. The predicted octanol–water partition coefficient (Wildman–Crippen LogP) is 5.39. The number of rotatable bonds is 6. The fourth-order valence-electron chi connectivity index (χ4n) is 3.26. The first kappa shape index (κ1) is 20.0. The molecule has 0 bridgehead atoms. The first-order valence-corrected chi connectivity index (χ1v) is 10.4. The highest BCUT2D eigenvalue weighted by atomic mass is 79.9. The number of carbonyl (C=O) groups excluding carboxylic acids is 1. The largest absolute Gasteiger partial charge is 0.494 e. The molecule has 0 aliphatic rings. The van der Waals surface area contributed by atoms with Crippen molar-refractivity contribution in [1.82, 2.24) is 15.3 Å². The van der Waals surface area contributed by atoms with Crippen molar-refractivity contribution in [2.24, 2.45) is 0 Å². The SMILES string of the molecule is CCOc1ccccc1CNC(=O)c1cc(-c2cccnc2)nc2ccc(Br)cc12. The van der Waals surface area contributed by atoms with Gasteiger partial charge in [0.05, 0.1) is 23.4 Å². The number of ether oxygens (including phenoxy) is 1. The molecule has 0 radical (unpaired) electrons. The Bertz CT molecular complexity index is 1200. The highest BCUT2D eigenvalue weighted by molar-refractivity contribution is 9.10. The molecule has 150 valence electrons. The van der Waals surface area contributed by atoms with Crippen LogP contribution in [-0.2, 0) is 6.54 Å². The number of hydrogen-bond donors (Lipinski definition) is 1. The van der Waals surface area contributed by atoms with Crippen LogP contribution in [0.4, 0.5) is 0 Å². The maximum atomic E-state index is 13.2. The van der Waals surface area contributed by atoms with Gasteiger partial charge in [-0.1, -0.05) is 34.1 Å². The molecular weight excluding hydrogens is 442 g/mol. The van der Waals surface area contributed by atoms with Gasteiger partial charge in [0.15, 0.2) is 0 Å². The molecule has 1 N–H and O–H groups in total. The number of carbonyl (C=O) groups is 1. The number of amides is 1. The number of hydrogen-bond acceptors (Lipinski definition) is 4. The van der Waals surface area contributed by atoms with Crippen LogP contribution in [0, 0.1) is 0 Å². The van der Waals surface area contributed by atoms with E-state index in [-0.39, 0.29) is 5.91 Å². The molecule has 4 rings (SSSR count). The third kappa shape index (κ3) is 4.33. The van der Waals surface area contributed by atoms with Gasteiger partial charge in [0, 0.05) is 39.9 Å². The molecule has 0 atom stereocenters. The molecule has 0 spiro atoms. The second kappa shape index (κ2) is 9.05. The van der Waals surface area contributed by atoms with Crippen molar-refractivity contribution >= 4 is 32.7 Å². The summed E-state index contributed by atoms with van der Waals surface area (Å²) in [6.07, 6.45) is 3.46. The maximum absolute atomic E-state index is 13.2. The first-order chi connectivity index (χ1) is 14.7. The molecule has 2 aromatic heterocycles. The summed E-state index contributed by atoms with van der Waals surface area (Å²) in [5, 5.41) is 3.81. The number of nitrogens with one attached hydrogen (secondary N) is 1. The number of para-hydroxylation sites is 1. The van der Waals surface area contributed by atoms with E-state index < -0.39 is 0 Å². The number of nitrogens with zero attached hydrogens (tertiary/aromatic N) is 2. The van der Waals surface area contributed by atoms with Gasteiger partial charge in [-0.15, -0.1) is 0 Å². The van der Waals surface area contributed by atoms with Crippen molar-refractivity contribution < 1.29 is 9.53 Å². The summed E-state index contributed by atoms with van der Waals surface area (Å²) < 4.78 is 6.55. The normalized spacial score (nSPS) is 10.7. The fourth-order valence-corrected chi connectivity index (χ4v) is 3.63. The highest BCUT2D eigenvalue weighted by Crippen LogP contribution is 2.27. The first-order valence-electron chi connectivity index (χ1n) is 9.65. The number of benzene rings is 2. The number of aromatic nitrogens is 2. The Kier molecular flexibility index (Phi) is 6.05. The van der Waals surface area contributed by atoms with E-state index >= 15 is 0 Å². The van der Waals surface area contributed by atoms with Crippen LogP contribution in [0.3, 0.4) is 0 Å². The van der Waals surface area contributed by atoms with Crippen molar-refractivity contribution in [2.75, 3.05) is 6.61 Å². The predicted molar refractivity (Wildman–Crippen MR) is 121 cm³/mol. The van der Waals surface area contributed by atoms with E-state index in [1.54, 1.807) is 12.4 Å². The van der Waals surface area contributed by atoms with E-state index in [1.165, 1.54) is 0 Å². The monoisotopic (exact) mass is 461 g/mol. The molecule has 0 saturated carbocycles. The number of halogens is 1. The van der Waals surface area contributed by atoms with E-state index in [0.717, 1.165) is 32.3 Å². The lowest BCUT2D eigenvalue weighted by atomic mass is 10.0. The third-order valence-electron chi connectivity index (χ3n) is 4.68. The van der Waals surface area contributed by atoms with Crippen molar-refractivity contribution in [2.45, 2.75) is 13.5 Å². The number of fused-ring (bicyclic) bond motifs is 1. The standard InChI is InChI=1S/C24H20BrN3O2/c1-2-30-23-8-4-3-6-17(23)15-27-24(29)20-13-22(16-7-5-11-26-14-16)28-21-10-9-18(25)12-19(20)21/h3-14H,2,15H2,1H3,(H,27,29). The van der Waals surface area contributed by atoms with Gasteiger partial charge in [-0.2, -0.15) is 0 Å². The lowest BCUT2D eigenvalue weighted by molar-refractivity contribution is 0.0952. The quantitative estimate of drug-likeness (QED) is 0.418. The molecule has 30 heavy (non-hydrogen) atoms. The Balaban J connectivity index is 1.70. The van der Waals surface area contributed by atoms with Crippen LogP contribution in [-0.4, -0.2) is 22.5 Å². The van der Waals surface area contributed by atoms with Gasteiger partial charge >= 0.3 is 0 Å². The molecule has 6 heteroatoms. The minimum absolute atomic E-state index is 0.169. The summed E-state index contributed by atoms with van der Waals surface area (Å²) in [5.74, 6) is 0.607. The van der Waals surface area contributed by atoms with Gasteiger partial charge < -0.3 is 10.1 Å². The van der Waals surface area contributed by atoms with Gasteiger partial charge in [-0.05, 0) is 49.4 Å². The molecule has 0 fully saturated rings. The third-order valence-corrected chi connectivity index (χ3v) is 5.18. The Morgan fingerprint density at radius 2 is 1.97 bits per heavy atom. The van der Waals surface area contributed by atoms with E-state index in [4.69, 9.17) is 9.72 Å². The molecule has 0 saturated heterocycles. The van der Waals surface area contributed by atoms with Crippen molar-refractivity contribution in [3.8, 4) is 17.0 Å². The molecule has 0 aliphatic carbocycles. The van der Waals surface area contributed by atoms with Crippen LogP contribution in [0.25, 0.3) is 22.2 Å². The maximum Gasteiger partial charge on any atom is 0.252 e. The van der Waals surface area contributed by atoms with Crippen LogP contribution < -0.4 is 10.1 Å². The van der Waals surface area contributed by atoms with Crippen molar-refractivity contribution in [3.63, 3.8) is 0 Å². The van der Waals surface area contributed by atoms with Crippen LogP contribution in [0.5, 0.6) is 5.75 Å². The Hall–Kier alpha value is -3.25. The van der Waals surface area contributed by atoms with Gasteiger partial charge in [0.2, 0.25) is 0 Å². The van der Waals surface area contributed by atoms with Crippen molar-refractivity contribution in [3.05, 3.63) is 88.7 Å². The lowest BCUT2D eigenvalue weighted by Gasteiger charge is -2.13. The Labute approximate surface area is 183 Å². The van der Waals surface area contributed by atoms with Gasteiger partial charge in [-0.3, -0.25) is 9.78 Å². The Morgan fingerprint density at radius 3 is 2.77 bits per heavy atom. The highest BCUT2D eigenvalue weighted by Gasteiger charge is 2.15. The zero-order valence-corrected chi connectivity index (χ0v) is 18.0. The van der Waals surface area contributed by atoms with Gasteiger partial charge in [0.1, 0.15) is 5.75 Å². The van der Waals surface area contributed by atoms with Crippen LogP contribution >= 0.6 is 15.9 Å². The van der Waals surface area contributed by atoms with Crippen LogP contribution in [0.2, 0.25) is 0 Å². The molecular formula is C24H20BrN3O2. The molecule has 2 aromatic carbocycles. The van der Waals surface area contributed by atoms with E-state index in [9.17, 15) is 4.79 Å². The number of pyridine rings is 2. The zero-order chi connectivity index (χ0) is 20.9.